The molecule has 3 nitrogen and oxygen atoms in total. The van der Waals surface area contributed by atoms with E-state index in [0.717, 1.165) is 47.6 Å². The third kappa shape index (κ3) is 3.87. The maximum atomic E-state index is 5.13. The van der Waals surface area contributed by atoms with Crippen molar-refractivity contribution in [1.29, 1.82) is 0 Å². The number of aliphatic imine (C=N–C) groups is 1. The number of aryl methyl sites for hydroxylation is 1. The van der Waals surface area contributed by atoms with Gasteiger partial charge in [-0.3, -0.25) is 4.99 Å². The van der Waals surface area contributed by atoms with Gasteiger partial charge in [0.15, 0.2) is 0 Å². The van der Waals surface area contributed by atoms with Gasteiger partial charge in [0.1, 0.15) is 0 Å². The number of hydrogen-bond donors (Lipinski definition) is 0. The van der Waals surface area contributed by atoms with Crippen LogP contribution in [0.2, 0.25) is 0 Å². The first-order valence-corrected chi connectivity index (χ1v) is 9.83. The molecule has 0 aliphatic carbocycles. The van der Waals surface area contributed by atoms with Gasteiger partial charge in [-0.2, -0.15) is 0 Å². The molecule has 136 valence electrons. The number of rotatable bonds is 5. The summed E-state index contributed by atoms with van der Waals surface area (Å²) < 4.78 is 0. The highest BCUT2D eigenvalue weighted by Crippen LogP contribution is 2.42. The molecular weight excluding hydrogens is 338 g/mol. The van der Waals surface area contributed by atoms with Crippen molar-refractivity contribution in [1.82, 2.24) is 9.88 Å². The lowest BCUT2D eigenvalue weighted by Crippen LogP contribution is -2.38. The van der Waals surface area contributed by atoms with Gasteiger partial charge < -0.3 is 4.90 Å². The Balaban J connectivity index is 2.07. The lowest BCUT2D eigenvalue weighted by molar-refractivity contribution is 0.199. The van der Waals surface area contributed by atoms with Crippen LogP contribution in [0, 0.1) is 6.92 Å². The van der Waals surface area contributed by atoms with Crippen molar-refractivity contribution >= 4 is 23.6 Å². The van der Waals surface area contributed by atoms with Gasteiger partial charge >= 0.3 is 0 Å². The smallest absolute Gasteiger partial charge is 0.0999 e. The van der Waals surface area contributed by atoms with Crippen LogP contribution in [0.3, 0.4) is 0 Å². The molecule has 0 radical (unpaired) electrons. The van der Waals surface area contributed by atoms with Crippen molar-refractivity contribution < 1.29 is 0 Å². The van der Waals surface area contributed by atoms with E-state index < -0.39 is 0 Å². The van der Waals surface area contributed by atoms with Crippen LogP contribution in [0.15, 0.2) is 48.1 Å². The minimum absolute atomic E-state index is 0.134. The molecule has 1 fully saturated rings. The average molecular weight is 366 g/mol. The molecule has 4 heteroatoms. The van der Waals surface area contributed by atoms with Crippen LogP contribution < -0.4 is 0 Å². The average Bonchev–Trinajstić information content (AvgIpc) is 3.09. The van der Waals surface area contributed by atoms with Crippen LogP contribution in [0.5, 0.6) is 0 Å². The molecule has 1 aliphatic rings. The standard InChI is InChI=1S/C22H27N3S/c1-16-7-6-8-18(15-16)19-20(17(2)9-12-23-4)26-21(24-19)22(3)10-13-25(5)14-11-22/h6-9,12,15H,2,4,10-11,13-14H2,1,3,5H3/b12-9-. The zero-order chi connectivity index (χ0) is 18.7. The molecule has 0 N–H and O–H groups in total. The second-order valence-electron chi connectivity index (χ2n) is 7.45. The lowest BCUT2D eigenvalue weighted by atomic mass is 9.81. The number of hydrogen-bond acceptors (Lipinski definition) is 4. The summed E-state index contributed by atoms with van der Waals surface area (Å²) in [5.74, 6) is 0. The number of piperidine rings is 1. The second kappa shape index (κ2) is 7.68. The summed E-state index contributed by atoms with van der Waals surface area (Å²) in [4.78, 5) is 12.5. The number of thiazole rings is 1. The first-order valence-electron chi connectivity index (χ1n) is 9.01. The molecule has 1 aliphatic heterocycles. The first-order chi connectivity index (χ1) is 12.4. The predicted molar refractivity (Wildman–Crippen MR) is 114 cm³/mol. The van der Waals surface area contributed by atoms with Crippen molar-refractivity contribution in [3.63, 3.8) is 0 Å². The van der Waals surface area contributed by atoms with E-state index in [1.54, 1.807) is 17.5 Å². The normalized spacial score (nSPS) is 17.5. The van der Waals surface area contributed by atoms with Gasteiger partial charge in [-0.1, -0.05) is 37.3 Å². The summed E-state index contributed by atoms with van der Waals surface area (Å²) >= 11 is 1.78. The highest BCUT2D eigenvalue weighted by atomic mass is 32.1. The Hall–Kier alpha value is -2.04. The molecule has 1 aromatic carbocycles. The van der Waals surface area contributed by atoms with Gasteiger partial charge in [0.25, 0.3) is 0 Å². The number of nitrogens with zero attached hydrogens (tertiary/aromatic N) is 3. The molecule has 0 atom stereocenters. The van der Waals surface area contributed by atoms with Crippen LogP contribution in [0.4, 0.5) is 0 Å². The molecule has 3 rings (SSSR count). The fourth-order valence-corrected chi connectivity index (χ4v) is 4.57. The van der Waals surface area contributed by atoms with Crippen molar-refractivity contribution in [2.45, 2.75) is 32.1 Å². The van der Waals surface area contributed by atoms with E-state index in [1.807, 2.05) is 6.08 Å². The predicted octanol–water partition coefficient (Wildman–Crippen LogP) is 5.33. The highest BCUT2D eigenvalue weighted by Gasteiger charge is 2.34. The summed E-state index contributed by atoms with van der Waals surface area (Å²) in [5.41, 5.74) is 4.50. The van der Waals surface area contributed by atoms with Crippen molar-refractivity contribution in [2.24, 2.45) is 4.99 Å². The zero-order valence-corrected chi connectivity index (χ0v) is 16.8. The van der Waals surface area contributed by atoms with Crippen LogP contribution in [-0.2, 0) is 5.41 Å². The molecular formula is C22H27N3S. The van der Waals surface area contributed by atoms with E-state index in [0.29, 0.717) is 0 Å². The molecule has 0 saturated carbocycles. The van der Waals surface area contributed by atoms with E-state index in [-0.39, 0.29) is 5.41 Å². The van der Waals surface area contributed by atoms with Crippen molar-refractivity contribution in [2.75, 3.05) is 20.1 Å². The molecule has 0 spiro atoms. The molecule has 2 aromatic rings. The summed E-state index contributed by atoms with van der Waals surface area (Å²) in [6.45, 7) is 14.5. The maximum absolute atomic E-state index is 5.13. The third-order valence-electron chi connectivity index (χ3n) is 5.20. The summed E-state index contributed by atoms with van der Waals surface area (Å²) in [7, 11) is 2.19. The SMILES string of the molecule is C=N/C=C\C(=C)c1sc(C2(C)CCN(C)CC2)nc1-c1cccc(C)c1. The molecule has 0 unspecified atom stereocenters. The number of aromatic nitrogens is 1. The Morgan fingerprint density at radius 2 is 2.08 bits per heavy atom. The first kappa shape index (κ1) is 18.7. The topological polar surface area (TPSA) is 28.5 Å². The van der Waals surface area contributed by atoms with Gasteiger partial charge in [0.2, 0.25) is 0 Å². The van der Waals surface area contributed by atoms with E-state index in [9.17, 15) is 0 Å². The van der Waals surface area contributed by atoms with Crippen molar-refractivity contribution in [3.05, 3.63) is 58.6 Å². The number of likely N-dealkylation sites (tertiary alicyclic amines) is 1. The highest BCUT2D eigenvalue weighted by molar-refractivity contribution is 7.13. The Morgan fingerprint density at radius 1 is 1.35 bits per heavy atom. The van der Waals surface area contributed by atoms with E-state index in [1.165, 1.54) is 10.6 Å². The van der Waals surface area contributed by atoms with Gasteiger partial charge in [0, 0.05) is 17.2 Å². The quantitative estimate of drug-likeness (QED) is 0.529. The number of benzene rings is 1. The van der Waals surface area contributed by atoms with Crippen molar-refractivity contribution in [3.8, 4) is 11.3 Å². The van der Waals surface area contributed by atoms with E-state index >= 15 is 0 Å². The molecule has 1 aromatic heterocycles. The van der Waals surface area contributed by atoms with Gasteiger partial charge in [-0.15, -0.1) is 11.3 Å². The Morgan fingerprint density at radius 3 is 2.73 bits per heavy atom. The van der Waals surface area contributed by atoms with E-state index in [2.05, 4.69) is 68.3 Å². The van der Waals surface area contributed by atoms with Crippen LogP contribution in [-0.4, -0.2) is 36.7 Å². The lowest BCUT2D eigenvalue weighted by Gasteiger charge is -2.36. The fourth-order valence-electron chi connectivity index (χ4n) is 3.33. The minimum atomic E-state index is 0.134. The Bertz CT molecular complexity index is 839. The zero-order valence-electron chi connectivity index (χ0n) is 16.0. The summed E-state index contributed by atoms with van der Waals surface area (Å²) in [5, 5.41) is 1.22. The fraction of sp³-hybridized carbons (Fsp3) is 0.364. The molecule has 2 heterocycles. The Labute approximate surface area is 160 Å². The maximum Gasteiger partial charge on any atom is 0.0999 e. The van der Waals surface area contributed by atoms with Gasteiger partial charge in [0.05, 0.1) is 15.6 Å². The third-order valence-corrected chi connectivity index (χ3v) is 6.64. The summed E-state index contributed by atoms with van der Waals surface area (Å²) in [6, 6.07) is 8.54. The van der Waals surface area contributed by atoms with E-state index in [4.69, 9.17) is 4.98 Å². The molecule has 0 amide bonds. The molecule has 26 heavy (non-hydrogen) atoms. The van der Waals surface area contributed by atoms with Crippen LogP contribution in [0.1, 0.15) is 35.2 Å². The van der Waals surface area contributed by atoms with Gasteiger partial charge in [-0.25, -0.2) is 4.98 Å². The second-order valence-corrected chi connectivity index (χ2v) is 8.45. The van der Waals surface area contributed by atoms with Crippen LogP contribution >= 0.6 is 11.3 Å². The minimum Gasteiger partial charge on any atom is -0.306 e. The van der Waals surface area contributed by atoms with Gasteiger partial charge in [-0.05, 0) is 64.3 Å². The molecule has 1 saturated heterocycles. The Kier molecular flexibility index (Phi) is 5.54. The monoisotopic (exact) mass is 365 g/mol. The number of allylic oxidation sites excluding steroid dienone is 2. The largest absolute Gasteiger partial charge is 0.306 e. The summed E-state index contributed by atoms with van der Waals surface area (Å²) in [6.07, 6.45) is 5.89. The molecule has 0 bridgehead atoms. The van der Waals surface area contributed by atoms with Crippen LogP contribution in [0.25, 0.3) is 16.8 Å².